The number of nitrogens with two attached hydrogens (primary N) is 1. The second-order valence-corrected chi connectivity index (χ2v) is 6.42. The molecule has 3 aromatic rings. The molecule has 8 nitrogen and oxygen atoms in total. The zero-order valence-corrected chi connectivity index (χ0v) is 15.9. The SMILES string of the molecule is NC1=NC=CCC(Oc2cccc(-c3nc(Nc4cccc(C(F)(F)F)c4)n[nH]3)c2)=N1. The molecule has 0 saturated heterocycles. The van der Waals surface area contributed by atoms with E-state index in [4.69, 9.17) is 10.5 Å². The van der Waals surface area contributed by atoms with Gasteiger partial charge < -0.3 is 15.8 Å². The van der Waals surface area contributed by atoms with Crippen LogP contribution in [0.4, 0.5) is 24.8 Å². The number of nitrogens with zero attached hydrogens (tertiary/aromatic N) is 4. The van der Waals surface area contributed by atoms with Crippen molar-refractivity contribution in [3.8, 4) is 17.1 Å². The Labute approximate surface area is 174 Å². The quantitative estimate of drug-likeness (QED) is 0.576. The first kappa shape index (κ1) is 20.1. The Balaban J connectivity index is 1.50. The van der Waals surface area contributed by atoms with E-state index in [0.717, 1.165) is 12.1 Å². The van der Waals surface area contributed by atoms with Crippen LogP contribution in [0.5, 0.6) is 5.75 Å². The molecule has 0 radical (unpaired) electrons. The number of halogens is 3. The maximum atomic E-state index is 12.9. The van der Waals surface area contributed by atoms with Crippen LogP contribution in [-0.4, -0.2) is 27.0 Å². The number of H-pyrrole nitrogens is 1. The van der Waals surface area contributed by atoms with Crippen molar-refractivity contribution in [1.29, 1.82) is 0 Å². The van der Waals surface area contributed by atoms with Gasteiger partial charge >= 0.3 is 6.18 Å². The second kappa shape index (κ2) is 8.30. The van der Waals surface area contributed by atoms with E-state index in [1.165, 1.54) is 12.1 Å². The van der Waals surface area contributed by atoms with Crippen LogP contribution in [-0.2, 0) is 6.18 Å². The Kier molecular flexibility index (Phi) is 5.39. The topological polar surface area (TPSA) is 114 Å². The van der Waals surface area contributed by atoms with Gasteiger partial charge in [-0.25, -0.2) is 4.99 Å². The maximum absolute atomic E-state index is 12.9. The fraction of sp³-hybridized carbons (Fsp3) is 0.100. The molecule has 4 N–H and O–H groups in total. The molecular formula is C20H16F3N7O. The molecule has 1 aliphatic heterocycles. The Bertz CT molecular complexity index is 1180. The van der Waals surface area contributed by atoms with Gasteiger partial charge in [0.05, 0.1) is 5.56 Å². The standard InChI is InChI=1S/C20H16F3N7O/c21-20(22,23)13-5-2-6-14(11-13)26-19-28-17(29-30-19)12-4-1-7-15(10-12)31-16-8-3-9-25-18(24)27-16/h1-7,9-11H,8H2,(H2,24,25)(H2,26,28,29,30). The molecule has 4 rings (SSSR count). The van der Waals surface area contributed by atoms with Crippen LogP contribution >= 0.6 is 0 Å². The van der Waals surface area contributed by atoms with E-state index in [0.29, 0.717) is 29.5 Å². The number of anilines is 2. The van der Waals surface area contributed by atoms with Gasteiger partial charge in [0.15, 0.2) is 5.82 Å². The average molecular weight is 427 g/mol. The highest BCUT2D eigenvalue weighted by molar-refractivity contribution is 5.95. The summed E-state index contributed by atoms with van der Waals surface area (Å²) in [4.78, 5) is 12.3. The first-order valence-electron chi connectivity index (χ1n) is 9.08. The minimum atomic E-state index is -4.43. The Hall–Kier alpha value is -4.15. The van der Waals surface area contributed by atoms with Gasteiger partial charge in [-0.1, -0.05) is 24.3 Å². The summed E-state index contributed by atoms with van der Waals surface area (Å²) in [6.07, 6.45) is -0.679. The number of aromatic nitrogens is 3. The first-order valence-corrected chi connectivity index (χ1v) is 9.08. The van der Waals surface area contributed by atoms with E-state index in [-0.39, 0.29) is 17.6 Å². The highest BCUT2D eigenvalue weighted by Gasteiger charge is 2.30. The van der Waals surface area contributed by atoms with Gasteiger partial charge in [0, 0.05) is 23.9 Å². The van der Waals surface area contributed by atoms with Crippen LogP contribution in [0.25, 0.3) is 11.4 Å². The number of hydrogen-bond acceptors (Lipinski definition) is 7. The summed E-state index contributed by atoms with van der Waals surface area (Å²) in [7, 11) is 0. The van der Waals surface area contributed by atoms with Gasteiger partial charge in [0.2, 0.25) is 17.8 Å². The fourth-order valence-electron chi connectivity index (χ4n) is 2.74. The molecule has 2 heterocycles. The molecule has 31 heavy (non-hydrogen) atoms. The third-order valence-corrected chi connectivity index (χ3v) is 4.12. The van der Waals surface area contributed by atoms with Gasteiger partial charge in [-0.15, -0.1) is 5.10 Å². The molecule has 0 amide bonds. The summed E-state index contributed by atoms with van der Waals surface area (Å²) in [6, 6.07) is 11.8. The number of nitrogens with one attached hydrogen (secondary N) is 2. The summed E-state index contributed by atoms with van der Waals surface area (Å²) < 4.78 is 44.4. The lowest BCUT2D eigenvalue weighted by molar-refractivity contribution is -0.137. The fourth-order valence-corrected chi connectivity index (χ4v) is 2.74. The number of rotatable bonds is 4. The van der Waals surface area contributed by atoms with Crippen molar-refractivity contribution in [2.45, 2.75) is 12.6 Å². The number of aliphatic imine (C=N–C) groups is 2. The lowest BCUT2D eigenvalue weighted by Gasteiger charge is -2.08. The van der Waals surface area contributed by atoms with E-state index in [2.05, 4.69) is 30.5 Å². The summed E-state index contributed by atoms with van der Waals surface area (Å²) >= 11 is 0. The molecule has 1 aliphatic rings. The predicted octanol–water partition coefficient (Wildman–Crippen LogP) is 4.24. The zero-order valence-electron chi connectivity index (χ0n) is 15.9. The molecule has 2 aromatic carbocycles. The molecule has 11 heteroatoms. The normalized spacial score (nSPS) is 13.9. The largest absolute Gasteiger partial charge is 0.443 e. The molecule has 0 fully saturated rings. The molecule has 1 aromatic heterocycles. The summed E-state index contributed by atoms with van der Waals surface area (Å²) in [5, 5.41) is 9.53. The van der Waals surface area contributed by atoms with Crippen molar-refractivity contribution < 1.29 is 17.9 Å². The summed E-state index contributed by atoms with van der Waals surface area (Å²) in [5.74, 6) is 1.52. The van der Waals surface area contributed by atoms with Crippen LogP contribution < -0.4 is 15.8 Å². The smallest absolute Gasteiger partial charge is 0.416 e. The first-order chi connectivity index (χ1) is 14.9. The van der Waals surface area contributed by atoms with Gasteiger partial charge in [-0.2, -0.15) is 23.1 Å². The van der Waals surface area contributed by atoms with Crippen molar-refractivity contribution in [3.63, 3.8) is 0 Å². The lowest BCUT2D eigenvalue weighted by Crippen LogP contribution is -2.14. The van der Waals surface area contributed by atoms with E-state index < -0.39 is 11.7 Å². The number of alkyl halides is 3. The monoisotopic (exact) mass is 427 g/mol. The minimum absolute atomic E-state index is 0.0976. The average Bonchev–Trinajstić information content (AvgIpc) is 3.09. The van der Waals surface area contributed by atoms with Crippen molar-refractivity contribution in [2.24, 2.45) is 15.7 Å². The highest BCUT2D eigenvalue weighted by Crippen LogP contribution is 2.31. The third-order valence-electron chi connectivity index (χ3n) is 4.12. The number of hydrogen-bond donors (Lipinski definition) is 3. The summed E-state index contributed by atoms with van der Waals surface area (Å²) in [5.41, 5.74) is 5.75. The van der Waals surface area contributed by atoms with Gasteiger partial charge in [0.1, 0.15) is 5.75 Å². The molecule has 158 valence electrons. The Morgan fingerprint density at radius 1 is 1.10 bits per heavy atom. The molecule has 0 spiro atoms. The predicted molar refractivity (Wildman–Crippen MR) is 110 cm³/mol. The summed E-state index contributed by atoms with van der Waals surface area (Å²) in [6.45, 7) is 0. The molecule has 0 aliphatic carbocycles. The van der Waals surface area contributed by atoms with Crippen LogP contribution in [0.3, 0.4) is 0 Å². The van der Waals surface area contributed by atoms with Crippen LogP contribution in [0.1, 0.15) is 12.0 Å². The molecular weight excluding hydrogens is 411 g/mol. The van der Waals surface area contributed by atoms with E-state index in [1.54, 1.807) is 36.5 Å². The number of benzene rings is 2. The Morgan fingerprint density at radius 3 is 2.77 bits per heavy atom. The maximum Gasteiger partial charge on any atom is 0.416 e. The van der Waals surface area contributed by atoms with Crippen molar-refractivity contribution >= 4 is 23.5 Å². The highest BCUT2D eigenvalue weighted by atomic mass is 19.4. The van der Waals surface area contributed by atoms with Crippen molar-refractivity contribution in [2.75, 3.05) is 5.32 Å². The third kappa shape index (κ3) is 5.07. The van der Waals surface area contributed by atoms with Crippen molar-refractivity contribution in [3.05, 3.63) is 66.4 Å². The van der Waals surface area contributed by atoms with Crippen LogP contribution in [0.2, 0.25) is 0 Å². The molecule has 0 bridgehead atoms. The van der Waals surface area contributed by atoms with Gasteiger partial charge in [-0.05, 0) is 30.3 Å². The van der Waals surface area contributed by atoms with E-state index in [1.807, 2.05) is 0 Å². The van der Waals surface area contributed by atoms with Crippen molar-refractivity contribution in [1.82, 2.24) is 15.2 Å². The van der Waals surface area contributed by atoms with E-state index >= 15 is 0 Å². The van der Waals surface area contributed by atoms with Crippen LogP contribution in [0, 0.1) is 0 Å². The second-order valence-electron chi connectivity index (χ2n) is 6.42. The molecule has 0 atom stereocenters. The lowest BCUT2D eigenvalue weighted by atomic mass is 10.2. The van der Waals surface area contributed by atoms with Gasteiger partial charge in [0.25, 0.3) is 0 Å². The molecule has 0 unspecified atom stereocenters. The Morgan fingerprint density at radius 2 is 1.94 bits per heavy atom. The van der Waals surface area contributed by atoms with E-state index in [9.17, 15) is 13.2 Å². The number of ether oxygens (including phenoxy) is 1. The number of aromatic amines is 1. The molecule has 0 saturated carbocycles. The minimum Gasteiger partial charge on any atom is -0.443 e. The van der Waals surface area contributed by atoms with Gasteiger partial charge in [-0.3, -0.25) is 5.10 Å². The number of guanidine groups is 1. The zero-order chi connectivity index (χ0) is 21.8. The van der Waals surface area contributed by atoms with Crippen LogP contribution in [0.15, 0.2) is 70.8 Å².